The first-order valence-corrected chi connectivity index (χ1v) is 32.8. The summed E-state index contributed by atoms with van der Waals surface area (Å²) in [6.07, 6.45) is 3.53. The second-order valence-electron chi connectivity index (χ2n) is 24.6. The zero-order valence-electron chi connectivity index (χ0n) is 52.5. The Bertz CT molecular complexity index is 4550. The van der Waals surface area contributed by atoms with Crippen LogP contribution in [-0.4, -0.2) is 105 Å². The molecule has 9 aromatic rings. The highest BCUT2D eigenvalue weighted by Crippen LogP contribution is 2.42. The molecular weight excluding hydrogens is 1320 g/mol. The second-order valence-corrected chi connectivity index (χ2v) is 26.2. The molecule has 0 spiro atoms. The van der Waals surface area contributed by atoms with Crippen LogP contribution in [0.5, 0.6) is 0 Å². The third kappa shape index (κ3) is 15.8. The molecule has 0 bridgehead atoms. The van der Waals surface area contributed by atoms with Gasteiger partial charge in [-0.3, -0.25) is 28.8 Å². The van der Waals surface area contributed by atoms with E-state index in [1.165, 1.54) is 41.3 Å². The van der Waals surface area contributed by atoms with Crippen molar-refractivity contribution in [2.75, 3.05) is 39.3 Å². The van der Waals surface area contributed by atoms with Crippen molar-refractivity contribution in [3.63, 3.8) is 0 Å². The Hall–Kier alpha value is -8.61. The van der Waals surface area contributed by atoms with Crippen molar-refractivity contribution < 1.29 is 66.0 Å². The van der Waals surface area contributed by atoms with Gasteiger partial charge in [-0.2, -0.15) is 0 Å². The second kappa shape index (κ2) is 30.2. The summed E-state index contributed by atoms with van der Waals surface area (Å²) in [5.41, 5.74) is 7.99. The number of fused-ring (bicyclic) bond motifs is 3. The highest BCUT2D eigenvalue weighted by atomic mass is 35.5. The minimum atomic E-state index is -0.946. The molecule has 0 saturated carbocycles. The van der Waals surface area contributed by atoms with Gasteiger partial charge < -0.3 is 30.0 Å². The van der Waals surface area contributed by atoms with Crippen LogP contribution in [0, 0.1) is 49.9 Å². The molecular formula is C75H66Cl4F5N3O9. The van der Waals surface area contributed by atoms with Crippen LogP contribution < -0.4 is 0 Å². The third-order valence-electron chi connectivity index (χ3n) is 18.7. The third-order valence-corrected chi connectivity index (χ3v) is 19.8. The van der Waals surface area contributed by atoms with E-state index >= 15 is 0 Å². The van der Waals surface area contributed by atoms with Crippen LogP contribution in [-0.2, 0) is 33.6 Å². The van der Waals surface area contributed by atoms with Gasteiger partial charge in [0, 0.05) is 44.3 Å². The van der Waals surface area contributed by atoms with Crippen molar-refractivity contribution in [2.45, 2.75) is 96.3 Å². The predicted octanol–water partition coefficient (Wildman–Crippen LogP) is 17.7. The zero-order valence-corrected chi connectivity index (χ0v) is 55.5. The number of nitrogens with zero attached hydrogens (tertiary/aromatic N) is 3. The summed E-state index contributed by atoms with van der Waals surface area (Å²) in [6.45, 7) is 8.38. The Morgan fingerprint density at radius 1 is 0.396 bits per heavy atom. The van der Waals surface area contributed by atoms with E-state index in [9.17, 15) is 66.0 Å². The standard InChI is InChI=1S/2C25H22Cl2FNO3.C25H22F3NO3/c1-14-17(11-23(30)31)10-16-2-4-19(28)13-21(16)24(14)15-6-8-29(9-7-15)25(32)20-5-3-18(26)12-22(20)27;1-14-17(12-22(30)31)11-16-5-6-18(28)13-19(16)23(14)15-7-9-29(10-8-15)25(32)24-20(26)3-2-4-21(24)27;1-14-17(11-23(30)31)10-16-2-3-18(26)12-20(16)24(14)15-6-8-29(9-7-15)25(32)21-13-19(27)4-5-22(21)28/h2-5,10,12-13,15H,6-9,11H2,1H3,(H,30,31);2-6,11,13,15H,7-10,12H2,1H3,(H,30,31);2-5,10,12-13,15H,6-9,11H2,1H3,(H,30,31). The smallest absolute Gasteiger partial charge is 0.307 e. The number of carboxylic acids is 3. The van der Waals surface area contributed by atoms with E-state index in [4.69, 9.17) is 46.4 Å². The van der Waals surface area contributed by atoms with Crippen LogP contribution in [0.2, 0.25) is 20.1 Å². The number of halogens is 9. The Balaban J connectivity index is 0.000000157. The summed E-state index contributed by atoms with van der Waals surface area (Å²) in [4.78, 5) is 77.8. The van der Waals surface area contributed by atoms with Crippen LogP contribution in [0.1, 0.15) is 137 Å². The minimum absolute atomic E-state index is 0.0190. The van der Waals surface area contributed by atoms with Gasteiger partial charge in [0.05, 0.1) is 51.0 Å². The minimum Gasteiger partial charge on any atom is -0.481 e. The lowest BCUT2D eigenvalue weighted by atomic mass is 9.81. The van der Waals surface area contributed by atoms with Crippen LogP contribution in [0.25, 0.3) is 32.3 Å². The van der Waals surface area contributed by atoms with Gasteiger partial charge in [-0.05, 0) is 244 Å². The van der Waals surface area contributed by atoms with Gasteiger partial charge in [-0.1, -0.05) is 88.9 Å². The van der Waals surface area contributed by atoms with Crippen molar-refractivity contribution in [3.8, 4) is 0 Å². The SMILES string of the molecule is Cc1c(CC(=O)O)cc2ccc(F)cc2c1C1CCN(C(=O)c2c(Cl)cccc2Cl)CC1.Cc1c(CC(=O)O)cc2ccc(F)cc2c1C1CCN(C(=O)c2cc(F)ccc2F)CC1.Cc1c(CC(=O)O)cc2ccc(F)cc2c1C1CCN(C(=O)c2ccc(Cl)cc2Cl)CC1. The highest BCUT2D eigenvalue weighted by molar-refractivity contribution is 6.39. The lowest BCUT2D eigenvalue weighted by Crippen LogP contribution is -2.38. The van der Waals surface area contributed by atoms with E-state index < -0.39 is 35.4 Å². The number of benzene rings is 9. The maximum atomic E-state index is 14.1. The van der Waals surface area contributed by atoms with Gasteiger partial charge in [0.1, 0.15) is 29.1 Å². The number of carboxylic acid groups (broad SMARTS) is 3. The first kappa shape index (κ1) is 70.2. The molecule has 3 aliphatic heterocycles. The largest absolute Gasteiger partial charge is 0.481 e. The molecule has 21 heteroatoms. The van der Waals surface area contributed by atoms with Gasteiger partial charge in [-0.15, -0.1) is 0 Å². The Labute approximate surface area is 570 Å². The molecule has 3 aliphatic rings. The Morgan fingerprint density at radius 3 is 1.08 bits per heavy atom. The quantitative estimate of drug-likeness (QED) is 0.101. The topological polar surface area (TPSA) is 173 Å². The van der Waals surface area contributed by atoms with Gasteiger partial charge >= 0.3 is 17.9 Å². The lowest BCUT2D eigenvalue weighted by Gasteiger charge is -2.34. The molecule has 0 unspecified atom stereocenters. The Morgan fingerprint density at radius 2 is 0.729 bits per heavy atom. The number of hydrogen-bond acceptors (Lipinski definition) is 6. The summed E-state index contributed by atoms with van der Waals surface area (Å²) >= 11 is 24.6. The molecule has 12 nitrogen and oxygen atoms in total. The Kier molecular flexibility index (Phi) is 22.1. The number of likely N-dealkylation sites (tertiary alicyclic amines) is 3. The van der Waals surface area contributed by atoms with Gasteiger partial charge in [-0.25, -0.2) is 22.0 Å². The van der Waals surface area contributed by atoms with Gasteiger partial charge in [0.2, 0.25) is 0 Å². The van der Waals surface area contributed by atoms with Crippen LogP contribution in [0.4, 0.5) is 22.0 Å². The summed E-state index contributed by atoms with van der Waals surface area (Å²) in [7, 11) is 0. The maximum absolute atomic E-state index is 14.1. The first-order chi connectivity index (χ1) is 45.7. The molecule has 498 valence electrons. The van der Waals surface area contributed by atoms with E-state index in [1.807, 2.05) is 32.9 Å². The summed E-state index contributed by atoms with van der Waals surface area (Å²) in [6, 6.07) is 31.7. The van der Waals surface area contributed by atoms with E-state index in [0.717, 1.165) is 95.0 Å². The summed E-state index contributed by atoms with van der Waals surface area (Å²) in [5.74, 6) is -5.97. The predicted molar refractivity (Wildman–Crippen MR) is 363 cm³/mol. The fraction of sp³-hybridized carbons (Fsp3) is 0.280. The van der Waals surface area contributed by atoms with Crippen molar-refractivity contribution in [1.82, 2.24) is 14.7 Å². The average molecular weight is 1390 g/mol. The normalized spacial score (nSPS) is 14.7. The van der Waals surface area contributed by atoms with Gasteiger partial charge in [0.15, 0.2) is 0 Å². The molecule has 3 fully saturated rings. The molecule has 0 aromatic heterocycles. The van der Waals surface area contributed by atoms with Crippen LogP contribution in [0.15, 0.2) is 127 Å². The van der Waals surface area contributed by atoms with E-state index in [2.05, 4.69) is 0 Å². The molecule has 0 radical (unpaired) electrons. The molecule has 3 amide bonds. The van der Waals surface area contributed by atoms with Crippen molar-refractivity contribution in [1.29, 1.82) is 0 Å². The van der Waals surface area contributed by atoms with Gasteiger partial charge in [0.25, 0.3) is 17.7 Å². The fourth-order valence-corrected chi connectivity index (χ4v) is 15.0. The highest BCUT2D eigenvalue weighted by Gasteiger charge is 2.33. The number of hydrogen-bond donors (Lipinski definition) is 3. The lowest BCUT2D eigenvalue weighted by molar-refractivity contribution is -0.137. The zero-order chi connectivity index (χ0) is 69.0. The molecule has 0 atom stereocenters. The first-order valence-electron chi connectivity index (χ1n) is 31.3. The molecule has 9 aromatic carbocycles. The van der Waals surface area contributed by atoms with Crippen LogP contribution in [0.3, 0.4) is 0 Å². The van der Waals surface area contributed by atoms with E-state index in [1.54, 1.807) is 70.5 Å². The number of carbonyl (C=O) groups excluding carboxylic acids is 3. The number of amides is 3. The number of carbonyl (C=O) groups is 6. The van der Waals surface area contributed by atoms with E-state index in [0.29, 0.717) is 115 Å². The molecule has 3 N–H and O–H groups in total. The number of piperidine rings is 3. The molecule has 96 heavy (non-hydrogen) atoms. The molecule has 12 rings (SSSR count). The molecule has 3 heterocycles. The monoisotopic (exact) mass is 1390 g/mol. The number of aliphatic carboxylic acids is 3. The molecule has 0 aliphatic carbocycles. The number of rotatable bonds is 12. The van der Waals surface area contributed by atoms with Crippen molar-refractivity contribution >= 4 is 114 Å². The summed E-state index contributed by atoms with van der Waals surface area (Å²) in [5, 5.41) is 34.2. The molecule has 3 saturated heterocycles. The van der Waals surface area contributed by atoms with Crippen molar-refractivity contribution in [3.05, 3.63) is 243 Å². The fourth-order valence-electron chi connectivity index (χ4n) is 13.9. The maximum Gasteiger partial charge on any atom is 0.307 e. The van der Waals surface area contributed by atoms with E-state index in [-0.39, 0.29) is 71.8 Å². The van der Waals surface area contributed by atoms with Crippen molar-refractivity contribution in [2.24, 2.45) is 0 Å². The average Bonchev–Trinajstić information content (AvgIpc) is 0.779. The van der Waals surface area contributed by atoms with Crippen LogP contribution >= 0.6 is 46.4 Å². The summed E-state index contributed by atoms with van der Waals surface area (Å²) < 4.78 is 69.7.